The predicted molar refractivity (Wildman–Crippen MR) is 94.5 cm³/mol. The van der Waals surface area contributed by atoms with Crippen LogP contribution in [0.5, 0.6) is 0 Å². The molecule has 2 rings (SSSR count). The average Bonchev–Trinajstić information content (AvgIpc) is 3.29. The summed E-state index contributed by atoms with van der Waals surface area (Å²) >= 11 is 0. The number of halogens is 1. The average molecular weight is 325 g/mol. The van der Waals surface area contributed by atoms with E-state index in [2.05, 4.69) is 55.7 Å². The molecule has 1 unspecified atom stereocenters. The van der Waals surface area contributed by atoms with E-state index in [0.29, 0.717) is 6.54 Å². The van der Waals surface area contributed by atoms with Gasteiger partial charge in [0.25, 0.3) is 0 Å². The van der Waals surface area contributed by atoms with E-state index in [4.69, 9.17) is 0 Å². The third-order valence-corrected chi connectivity index (χ3v) is 4.55. The maximum Gasteiger partial charge on any atom is 0.234 e. The summed E-state index contributed by atoms with van der Waals surface area (Å²) in [6.45, 7) is 7.94. The fourth-order valence-corrected chi connectivity index (χ4v) is 2.82. The van der Waals surface area contributed by atoms with Gasteiger partial charge in [-0.05, 0) is 37.3 Å². The van der Waals surface area contributed by atoms with Gasteiger partial charge < -0.3 is 10.6 Å². The van der Waals surface area contributed by atoms with Crippen molar-refractivity contribution in [3.63, 3.8) is 0 Å². The Morgan fingerprint density at radius 3 is 2.45 bits per heavy atom. The Bertz CT molecular complexity index is 457. The van der Waals surface area contributed by atoms with Crippen molar-refractivity contribution < 1.29 is 4.79 Å². The van der Waals surface area contributed by atoms with Gasteiger partial charge in [-0.2, -0.15) is 0 Å². The van der Waals surface area contributed by atoms with Crippen molar-refractivity contribution in [2.45, 2.75) is 51.5 Å². The lowest BCUT2D eigenvalue weighted by Crippen LogP contribution is -2.49. The number of nitrogens with one attached hydrogen (secondary N) is 2. The highest BCUT2D eigenvalue weighted by atomic mass is 35.5. The van der Waals surface area contributed by atoms with Gasteiger partial charge in [-0.15, -0.1) is 12.4 Å². The van der Waals surface area contributed by atoms with Gasteiger partial charge in [-0.3, -0.25) is 4.79 Å². The van der Waals surface area contributed by atoms with E-state index < -0.39 is 0 Å². The van der Waals surface area contributed by atoms with Gasteiger partial charge in [0.15, 0.2) is 0 Å². The van der Waals surface area contributed by atoms with Gasteiger partial charge in [0.1, 0.15) is 0 Å². The molecule has 0 saturated heterocycles. The first-order chi connectivity index (χ1) is 10.0. The lowest BCUT2D eigenvalue weighted by Gasteiger charge is -2.35. The minimum Gasteiger partial charge on any atom is -0.351 e. The smallest absolute Gasteiger partial charge is 0.234 e. The van der Waals surface area contributed by atoms with Crippen molar-refractivity contribution in [1.82, 2.24) is 10.6 Å². The lowest BCUT2D eigenvalue weighted by atomic mass is 9.76. The van der Waals surface area contributed by atoms with Crippen LogP contribution in [0.25, 0.3) is 0 Å². The van der Waals surface area contributed by atoms with Crippen LogP contribution in [0.2, 0.25) is 0 Å². The first-order valence-electron chi connectivity index (χ1n) is 8.09. The maximum absolute atomic E-state index is 12.1. The summed E-state index contributed by atoms with van der Waals surface area (Å²) in [6, 6.07) is 10.6. The number of rotatable bonds is 8. The molecule has 0 spiro atoms. The van der Waals surface area contributed by atoms with E-state index in [1.54, 1.807) is 0 Å². The zero-order chi connectivity index (χ0) is 15.3. The van der Waals surface area contributed by atoms with Crippen LogP contribution >= 0.6 is 12.4 Å². The largest absolute Gasteiger partial charge is 0.351 e. The monoisotopic (exact) mass is 324 g/mol. The topological polar surface area (TPSA) is 41.1 Å². The lowest BCUT2D eigenvalue weighted by molar-refractivity contribution is -0.121. The van der Waals surface area contributed by atoms with Gasteiger partial charge in [0.2, 0.25) is 5.91 Å². The number of benzene rings is 1. The van der Waals surface area contributed by atoms with Crippen LogP contribution < -0.4 is 10.6 Å². The Morgan fingerprint density at radius 1 is 1.27 bits per heavy atom. The predicted octanol–water partition coefficient (Wildman–Crippen LogP) is 3.28. The molecule has 0 radical (unpaired) electrons. The Hall–Kier alpha value is -1.06. The normalized spacial score (nSPS) is 15.8. The molecule has 1 fully saturated rings. The zero-order valence-corrected chi connectivity index (χ0v) is 14.7. The summed E-state index contributed by atoms with van der Waals surface area (Å²) in [6.07, 6.45) is 3.55. The second kappa shape index (κ2) is 8.54. The molecule has 3 nitrogen and oxygen atoms in total. The number of amides is 1. The van der Waals surface area contributed by atoms with Crippen molar-refractivity contribution in [1.29, 1.82) is 0 Å². The highest BCUT2D eigenvalue weighted by Gasteiger charge is 2.31. The van der Waals surface area contributed by atoms with Crippen LogP contribution in [0, 0.1) is 5.92 Å². The third-order valence-electron chi connectivity index (χ3n) is 4.55. The van der Waals surface area contributed by atoms with Crippen LogP contribution in [-0.2, 0) is 10.2 Å². The van der Waals surface area contributed by atoms with Crippen molar-refractivity contribution in [2.24, 2.45) is 5.92 Å². The van der Waals surface area contributed by atoms with E-state index in [1.807, 2.05) is 6.07 Å². The molecule has 0 heterocycles. The number of hydrogen-bond donors (Lipinski definition) is 2. The highest BCUT2D eigenvalue weighted by molar-refractivity contribution is 5.85. The van der Waals surface area contributed by atoms with Gasteiger partial charge >= 0.3 is 0 Å². The SMILES string of the molecule is CCC(NC(=O)CNCC1CC1)C(C)(C)c1ccccc1.Cl. The quantitative estimate of drug-likeness (QED) is 0.770. The second-order valence-electron chi connectivity index (χ2n) is 6.69. The van der Waals surface area contributed by atoms with Gasteiger partial charge in [-0.25, -0.2) is 0 Å². The van der Waals surface area contributed by atoms with Crippen LogP contribution in [-0.4, -0.2) is 25.0 Å². The van der Waals surface area contributed by atoms with Gasteiger partial charge in [-0.1, -0.05) is 51.1 Å². The second-order valence-corrected chi connectivity index (χ2v) is 6.69. The molecule has 1 aromatic carbocycles. The summed E-state index contributed by atoms with van der Waals surface area (Å²) in [5.41, 5.74) is 1.20. The van der Waals surface area contributed by atoms with E-state index in [-0.39, 0.29) is 29.8 Å². The third kappa shape index (κ3) is 5.29. The molecule has 1 amide bonds. The fourth-order valence-electron chi connectivity index (χ4n) is 2.82. The van der Waals surface area contributed by atoms with Crippen LogP contribution in [0.1, 0.15) is 45.6 Å². The van der Waals surface area contributed by atoms with Crippen LogP contribution in [0.3, 0.4) is 0 Å². The standard InChI is InChI=1S/C18H28N2O.ClH/c1-4-16(18(2,3)15-8-6-5-7-9-15)20-17(21)13-19-12-14-10-11-14;/h5-9,14,16,19H,4,10-13H2,1-3H3,(H,20,21);1H. The molecule has 0 aromatic heterocycles. The van der Waals surface area contributed by atoms with E-state index in [1.165, 1.54) is 18.4 Å². The molecule has 1 aromatic rings. The molecule has 1 atom stereocenters. The molecule has 0 aliphatic heterocycles. The molecular weight excluding hydrogens is 296 g/mol. The molecule has 1 aliphatic carbocycles. The number of carbonyl (C=O) groups is 1. The van der Waals surface area contributed by atoms with E-state index in [0.717, 1.165) is 18.9 Å². The molecule has 124 valence electrons. The van der Waals surface area contributed by atoms with Crippen LogP contribution in [0.15, 0.2) is 30.3 Å². The Balaban J connectivity index is 0.00000242. The molecule has 22 heavy (non-hydrogen) atoms. The minimum absolute atomic E-state index is 0. The summed E-state index contributed by atoms with van der Waals surface area (Å²) in [5, 5.41) is 6.45. The Morgan fingerprint density at radius 2 is 1.91 bits per heavy atom. The summed E-state index contributed by atoms with van der Waals surface area (Å²) in [5.74, 6) is 0.909. The molecule has 0 bridgehead atoms. The molecule has 2 N–H and O–H groups in total. The summed E-state index contributed by atoms with van der Waals surface area (Å²) < 4.78 is 0. The maximum atomic E-state index is 12.1. The van der Waals surface area contributed by atoms with E-state index >= 15 is 0 Å². The molecule has 1 saturated carbocycles. The number of hydrogen-bond acceptors (Lipinski definition) is 2. The first-order valence-corrected chi connectivity index (χ1v) is 8.09. The van der Waals surface area contributed by atoms with Crippen molar-refractivity contribution in [3.8, 4) is 0 Å². The Kier molecular flexibility index (Phi) is 7.37. The number of carbonyl (C=O) groups excluding carboxylic acids is 1. The van der Waals surface area contributed by atoms with Crippen molar-refractivity contribution in [3.05, 3.63) is 35.9 Å². The molecule has 4 heteroatoms. The summed E-state index contributed by atoms with van der Waals surface area (Å²) in [7, 11) is 0. The Labute approximate surface area is 140 Å². The van der Waals surface area contributed by atoms with Crippen LogP contribution in [0.4, 0.5) is 0 Å². The van der Waals surface area contributed by atoms with Crippen molar-refractivity contribution >= 4 is 18.3 Å². The van der Waals surface area contributed by atoms with E-state index in [9.17, 15) is 4.79 Å². The minimum atomic E-state index is -0.0673. The van der Waals surface area contributed by atoms with Crippen molar-refractivity contribution in [2.75, 3.05) is 13.1 Å². The molecule has 1 aliphatic rings. The summed E-state index contributed by atoms with van der Waals surface area (Å²) in [4.78, 5) is 12.1. The molecular formula is C18H29ClN2O. The van der Waals surface area contributed by atoms with Gasteiger partial charge in [0.05, 0.1) is 6.54 Å². The zero-order valence-electron chi connectivity index (χ0n) is 13.9. The van der Waals surface area contributed by atoms with Gasteiger partial charge in [0, 0.05) is 11.5 Å². The first kappa shape index (κ1) is 19.0. The highest BCUT2D eigenvalue weighted by Crippen LogP contribution is 2.29. The fraction of sp³-hybridized carbons (Fsp3) is 0.611.